The number of benzene rings is 1. The van der Waals surface area contributed by atoms with Gasteiger partial charge in [-0.15, -0.1) is 0 Å². The Morgan fingerprint density at radius 3 is 2.62 bits per heavy atom. The van der Waals surface area contributed by atoms with Crippen LogP contribution in [0.1, 0.15) is 40.2 Å². The zero-order valence-corrected chi connectivity index (χ0v) is 14.0. The highest BCUT2D eigenvalue weighted by atomic mass is 16.5. The van der Waals surface area contributed by atoms with Crippen LogP contribution in [0.15, 0.2) is 29.8 Å². The predicted molar refractivity (Wildman–Crippen MR) is 89.1 cm³/mol. The third kappa shape index (κ3) is 6.67. The number of nitrogens with one attached hydrogen (secondary N) is 1. The van der Waals surface area contributed by atoms with Crippen molar-refractivity contribution in [2.45, 2.75) is 41.2 Å². The van der Waals surface area contributed by atoms with E-state index in [1.165, 1.54) is 5.57 Å². The fraction of sp³-hybridized carbons (Fsp3) is 0.556. The molecule has 0 saturated heterocycles. The molecule has 118 valence electrons. The van der Waals surface area contributed by atoms with Crippen LogP contribution in [0.4, 0.5) is 0 Å². The first-order chi connectivity index (χ1) is 10.0. The van der Waals surface area contributed by atoms with E-state index in [4.69, 9.17) is 9.47 Å². The van der Waals surface area contributed by atoms with Gasteiger partial charge in [0.15, 0.2) is 11.5 Å². The summed E-state index contributed by atoms with van der Waals surface area (Å²) in [6.07, 6.45) is 2.08. The first kappa shape index (κ1) is 17.6. The van der Waals surface area contributed by atoms with E-state index in [-0.39, 0.29) is 0 Å². The Hall–Kier alpha value is -1.48. The number of hydrogen-bond acceptors (Lipinski definition) is 3. The van der Waals surface area contributed by atoms with Crippen molar-refractivity contribution < 1.29 is 9.47 Å². The molecule has 0 bridgehead atoms. The highest BCUT2D eigenvalue weighted by Gasteiger charge is 2.10. The Morgan fingerprint density at radius 2 is 2.00 bits per heavy atom. The number of allylic oxidation sites excluding steroid dienone is 1. The van der Waals surface area contributed by atoms with Gasteiger partial charge in [-0.1, -0.05) is 31.6 Å². The molecule has 0 radical (unpaired) electrons. The average Bonchev–Trinajstić information content (AvgIpc) is 2.41. The third-order valence-corrected chi connectivity index (χ3v) is 2.95. The van der Waals surface area contributed by atoms with Gasteiger partial charge in [0.25, 0.3) is 0 Å². The molecular weight excluding hydrogens is 262 g/mol. The number of hydrogen-bond donors (Lipinski definition) is 1. The quantitative estimate of drug-likeness (QED) is 0.692. The summed E-state index contributed by atoms with van der Waals surface area (Å²) in [6, 6.07) is 6.08. The lowest BCUT2D eigenvalue weighted by Crippen LogP contribution is -2.19. The van der Waals surface area contributed by atoms with Gasteiger partial charge in [-0.25, -0.2) is 0 Å². The second-order valence-corrected chi connectivity index (χ2v) is 5.79. The first-order valence-electron chi connectivity index (χ1n) is 7.76. The maximum absolute atomic E-state index is 5.95. The minimum Gasteiger partial charge on any atom is -0.490 e. The van der Waals surface area contributed by atoms with Crippen molar-refractivity contribution in [1.29, 1.82) is 0 Å². The maximum atomic E-state index is 5.95. The third-order valence-electron chi connectivity index (χ3n) is 2.95. The van der Waals surface area contributed by atoms with E-state index >= 15 is 0 Å². The minimum absolute atomic E-state index is 0.573. The molecule has 3 heteroatoms. The molecule has 0 aromatic heterocycles. The molecule has 0 saturated carbocycles. The molecule has 0 unspecified atom stereocenters. The van der Waals surface area contributed by atoms with Crippen molar-refractivity contribution in [3.8, 4) is 11.5 Å². The van der Waals surface area contributed by atoms with Crippen molar-refractivity contribution >= 4 is 0 Å². The van der Waals surface area contributed by atoms with E-state index < -0.39 is 0 Å². The Bertz CT molecular complexity index is 449. The van der Waals surface area contributed by atoms with Gasteiger partial charge in [0.05, 0.1) is 6.61 Å². The molecule has 21 heavy (non-hydrogen) atoms. The van der Waals surface area contributed by atoms with Crippen LogP contribution in [0, 0.1) is 5.92 Å². The summed E-state index contributed by atoms with van der Waals surface area (Å²) in [5.74, 6) is 2.31. The summed E-state index contributed by atoms with van der Waals surface area (Å²) in [5.41, 5.74) is 2.40. The van der Waals surface area contributed by atoms with E-state index in [1.54, 1.807) is 0 Å². The van der Waals surface area contributed by atoms with Crippen molar-refractivity contribution in [3.63, 3.8) is 0 Å². The summed E-state index contributed by atoms with van der Waals surface area (Å²) in [6.45, 7) is 13.5. The Morgan fingerprint density at radius 1 is 1.24 bits per heavy atom. The number of ether oxygens (including phenoxy) is 2. The predicted octanol–water partition coefficient (Wildman–Crippen LogP) is 4.18. The van der Waals surface area contributed by atoms with E-state index in [1.807, 2.05) is 19.1 Å². The van der Waals surface area contributed by atoms with Crippen LogP contribution in [-0.2, 0) is 6.54 Å². The fourth-order valence-electron chi connectivity index (χ4n) is 1.92. The van der Waals surface area contributed by atoms with Crippen LogP contribution < -0.4 is 14.8 Å². The molecule has 0 heterocycles. The lowest BCUT2D eigenvalue weighted by atomic mass is 10.1. The molecule has 0 fully saturated rings. The molecule has 0 aliphatic heterocycles. The Labute approximate surface area is 129 Å². The highest BCUT2D eigenvalue weighted by molar-refractivity contribution is 5.46. The summed E-state index contributed by atoms with van der Waals surface area (Å²) in [4.78, 5) is 0. The van der Waals surface area contributed by atoms with Gasteiger partial charge in [-0.05, 0) is 45.4 Å². The Kier molecular flexibility index (Phi) is 7.91. The van der Waals surface area contributed by atoms with Crippen molar-refractivity contribution in [2.75, 3.05) is 19.8 Å². The summed E-state index contributed by atoms with van der Waals surface area (Å²) >= 11 is 0. The summed E-state index contributed by atoms with van der Waals surface area (Å²) in [5, 5.41) is 3.46. The van der Waals surface area contributed by atoms with Crippen LogP contribution in [0.2, 0.25) is 0 Å². The average molecular weight is 291 g/mol. The van der Waals surface area contributed by atoms with Gasteiger partial charge in [0, 0.05) is 12.1 Å². The largest absolute Gasteiger partial charge is 0.490 e. The van der Waals surface area contributed by atoms with E-state index in [0.717, 1.165) is 30.2 Å². The smallest absolute Gasteiger partial charge is 0.166 e. The lowest BCUT2D eigenvalue weighted by Gasteiger charge is -2.16. The normalized spacial score (nSPS) is 10.6. The van der Waals surface area contributed by atoms with Crippen LogP contribution in [-0.4, -0.2) is 19.8 Å². The van der Waals surface area contributed by atoms with E-state index in [0.29, 0.717) is 19.1 Å². The topological polar surface area (TPSA) is 30.5 Å². The standard InChI is InChI=1S/C18H29NO2/c1-6-20-17-9-7-8-16(13-19-12-15(4)5)18(17)21-11-10-14(2)3/h7-10,15,19H,6,11-13H2,1-5H3. The van der Waals surface area contributed by atoms with Crippen LogP contribution >= 0.6 is 0 Å². The van der Waals surface area contributed by atoms with E-state index in [2.05, 4.69) is 45.2 Å². The maximum Gasteiger partial charge on any atom is 0.166 e. The van der Waals surface area contributed by atoms with Gasteiger partial charge in [-0.2, -0.15) is 0 Å². The highest BCUT2D eigenvalue weighted by Crippen LogP contribution is 2.31. The van der Waals surface area contributed by atoms with E-state index in [9.17, 15) is 0 Å². The molecule has 0 spiro atoms. The van der Waals surface area contributed by atoms with Crippen LogP contribution in [0.5, 0.6) is 11.5 Å². The summed E-state index contributed by atoms with van der Waals surface area (Å²) < 4.78 is 11.6. The number of para-hydroxylation sites is 1. The SMILES string of the molecule is CCOc1cccc(CNCC(C)C)c1OCC=C(C)C. The molecule has 0 amide bonds. The monoisotopic (exact) mass is 291 g/mol. The molecule has 1 rings (SSSR count). The van der Waals surface area contributed by atoms with Crippen molar-refractivity contribution in [3.05, 3.63) is 35.4 Å². The van der Waals surface area contributed by atoms with Gasteiger partial charge in [-0.3, -0.25) is 0 Å². The second-order valence-electron chi connectivity index (χ2n) is 5.79. The Balaban J connectivity index is 2.83. The van der Waals surface area contributed by atoms with Crippen LogP contribution in [0.3, 0.4) is 0 Å². The zero-order chi connectivity index (χ0) is 15.7. The van der Waals surface area contributed by atoms with Gasteiger partial charge < -0.3 is 14.8 Å². The molecule has 1 aromatic rings. The first-order valence-corrected chi connectivity index (χ1v) is 7.76. The van der Waals surface area contributed by atoms with Crippen molar-refractivity contribution in [1.82, 2.24) is 5.32 Å². The zero-order valence-electron chi connectivity index (χ0n) is 14.0. The minimum atomic E-state index is 0.573. The molecule has 1 N–H and O–H groups in total. The number of rotatable bonds is 9. The lowest BCUT2D eigenvalue weighted by molar-refractivity contribution is 0.293. The van der Waals surface area contributed by atoms with Gasteiger partial charge >= 0.3 is 0 Å². The van der Waals surface area contributed by atoms with Crippen LogP contribution in [0.25, 0.3) is 0 Å². The van der Waals surface area contributed by atoms with Gasteiger partial charge in [0.1, 0.15) is 6.61 Å². The molecular formula is C18H29NO2. The molecule has 0 aliphatic carbocycles. The molecule has 0 atom stereocenters. The summed E-state index contributed by atoms with van der Waals surface area (Å²) in [7, 11) is 0. The molecule has 0 aliphatic rings. The van der Waals surface area contributed by atoms with Gasteiger partial charge in [0.2, 0.25) is 0 Å². The fourth-order valence-corrected chi connectivity index (χ4v) is 1.92. The molecule has 1 aromatic carbocycles. The molecule has 3 nitrogen and oxygen atoms in total. The second kappa shape index (κ2) is 9.46. The van der Waals surface area contributed by atoms with Crippen molar-refractivity contribution in [2.24, 2.45) is 5.92 Å².